The second kappa shape index (κ2) is 8.65. The zero-order chi connectivity index (χ0) is 17.8. The summed E-state index contributed by atoms with van der Waals surface area (Å²) >= 11 is 0. The Labute approximate surface area is 160 Å². The molecule has 0 aliphatic heterocycles. The minimum atomic E-state index is 0. The molecule has 0 amide bonds. The summed E-state index contributed by atoms with van der Waals surface area (Å²) in [5.74, 6) is 2.25. The number of nitrogens with zero attached hydrogens (tertiary/aromatic N) is 4. The van der Waals surface area contributed by atoms with E-state index in [-0.39, 0.29) is 12.4 Å². The fourth-order valence-electron chi connectivity index (χ4n) is 2.68. The lowest BCUT2D eigenvalue weighted by Crippen LogP contribution is -2.10. The molecule has 0 atom stereocenters. The predicted octanol–water partition coefficient (Wildman–Crippen LogP) is 4.20. The number of hydrogen-bond acceptors (Lipinski definition) is 4. The summed E-state index contributed by atoms with van der Waals surface area (Å²) < 4.78 is 6.92. The van der Waals surface area contributed by atoms with Crippen LogP contribution in [0.5, 0.6) is 5.75 Å². The summed E-state index contributed by atoms with van der Waals surface area (Å²) in [6.07, 6.45) is 1.67. The van der Waals surface area contributed by atoms with E-state index in [1.807, 2.05) is 36.4 Å². The van der Waals surface area contributed by atoms with Gasteiger partial charge in [-0.1, -0.05) is 24.8 Å². The van der Waals surface area contributed by atoms with Gasteiger partial charge in [0.25, 0.3) is 0 Å². The number of aromatic nitrogens is 3. The first kappa shape index (κ1) is 19.7. The molecule has 6 heteroatoms. The van der Waals surface area contributed by atoms with Crippen molar-refractivity contribution in [3.05, 3.63) is 60.7 Å². The fourth-order valence-corrected chi connectivity index (χ4v) is 2.68. The zero-order valence-corrected chi connectivity index (χ0v) is 16.0. The monoisotopic (exact) mass is 370 g/mol. The number of hydrogen-bond donors (Lipinski definition) is 0. The summed E-state index contributed by atoms with van der Waals surface area (Å²) in [6, 6.07) is 16.1. The largest absolute Gasteiger partial charge is 0.497 e. The summed E-state index contributed by atoms with van der Waals surface area (Å²) in [6.45, 7) is 4.72. The lowest BCUT2D eigenvalue weighted by Gasteiger charge is -2.09. The third-order valence-corrected chi connectivity index (χ3v) is 3.84. The van der Waals surface area contributed by atoms with Crippen LogP contribution in [0.25, 0.3) is 29.0 Å². The molecule has 0 aliphatic rings. The summed E-state index contributed by atoms with van der Waals surface area (Å²) in [7, 11) is 5.76. The minimum Gasteiger partial charge on any atom is -0.497 e. The molecule has 0 saturated carbocycles. The van der Waals surface area contributed by atoms with Gasteiger partial charge in [-0.3, -0.25) is 0 Å². The average Bonchev–Trinajstić information content (AvgIpc) is 3.06. The van der Waals surface area contributed by atoms with Crippen molar-refractivity contribution < 1.29 is 4.74 Å². The van der Waals surface area contributed by atoms with E-state index in [1.165, 1.54) is 5.56 Å². The highest BCUT2D eigenvalue weighted by molar-refractivity contribution is 5.85. The molecule has 3 aromatic rings. The highest BCUT2D eigenvalue weighted by Gasteiger charge is 2.12. The molecular weight excluding hydrogens is 348 g/mol. The van der Waals surface area contributed by atoms with Crippen LogP contribution in [0.15, 0.2) is 55.1 Å². The van der Waals surface area contributed by atoms with Gasteiger partial charge in [-0.2, -0.15) is 0 Å². The van der Waals surface area contributed by atoms with Crippen LogP contribution in [0.1, 0.15) is 5.56 Å². The topological polar surface area (TPSA) is 43.2 Å². The summed E-state index contributed by atoms with van der Waals surface area (Å²) in [4.78, 5) is 6.86. The normalized spacial score (nSPS) is 10.5. The maximum atomic E-state index is 5.21. The average molecular weight is 371 g/mol. The van der Waals surface area contributed by atoms with Crippen molar-refractivity contribution >= 4 is 18.6 Å². The van der Waals surface area contributed by atoms with Gasteiger partial charge >= 0.3 is 0 Å². The molecule has 0 bridgehead atoms. The van der Waals surface area contributed by atoms with Crippen LogP contribution in [-0.4, -0.2) is 40.9 Å². The zero-order valence-electron chi connectivity index (χ0n) is 15.2. The van der Waals surface area contributed by atoms with Crippen molar-refractivity contribution in [3.63, 3.8) is 0 Å². The maximum absolute atomic E-state index is 5.21. The predicted molar refractivity (Wildman–Crippen MR) is 108 cm³/mol. The Morgan fingerprint density at radius 3 is 2.46 bits per heavy atom. The van der Waals surface area contributed by atoms with E-state index in [0.717, 1.165) is 29.2 Å². The molecule has 1 aromatic heterocycles. The van der Waals surface area contributed by atoms with Gasteiger partial charge in [-0.05, 0) is 50.0 Å². The van der Waals surface area contributed by atoms with Crippen molar-refractivity contribution in [3.8, 4) is 28.5 Å². The highest BCUT2D eigenvalue weighted by Crippen LogP contribution is 2.25. The number of rotatable bonds is 6. The smallest absolute Gasteiger partial charge is 0.182 e. The van der Waals surface area contributed by atoms with Crippen LogP contribution in [0.2, 0.25) is 0 Å². The molecule has 1 heterocycles. The van der Waals surface area contributed by atoms with E-state index in [2.05, 4.69) is 42.8 Å². The Kier molecular flexibility index (Phi) is 6.55. The molecule has 0 fully saturated rings. The number of methoxy groups -OCH3 is 1. The third kappa shape index (κ3) is 4.31. The molecule has 0 unspecified atom stereocenters. The summed E-state index contributed by atoms with van der Waals surface area (Å²) in [5, 5.41) is 4.58. The minimum absolute atomic E-state index is 0. The van der Waals surface area contributed by atoms with Gasteiger partial charge in [0, 0.05) is 23.9 Å². The molecular formula is C20H23ClN4O. The lowest BCUT2D eigenvalue weighted by atomic mass is 10.1. The van der Waals surface area contributed by atoms with Gasteiger partial charge in [0.05, 0.1) is 7.11 Å². The van der Waals surface area contributed by atoms with Crippen LogP contribution in [-0.2, 0) is 6.54 Å². The van der Waals surface area contributed by atoms with Crippen LogP contribution in [0.3, 0.4) is 0 Å². The SMILES string of the molecule is C=Cn1nc(-c2cccc(CN(C)C)c2)nc1-c1ccc(OC)cc1.Cl. The first-order valence-electron chi connectivity index (χ1n) is 8.08. The standard InChI is InChI=1S/C20H22N4O.ClH/c1-5-24-20(16-9-11-18(25-4)12-10-16)21-19(22-24)17-8-6-7-15(13-17)14-23(2)3;/h5-13H,1,14H2,2-4H3;1H. The highest BCUT2D eigenvalue weighted by atomic mass is 35.5. The Morgan fingerprint density at radius 1 is 1.12 bits per heavy atom. The van der Waals surface area contributed by atoms with Crippen molar-refractivity contribution in [2.75, 3.05) is 21.2 Å². The fraction of sp³-hybridized carbons (Fsp3) is 0.200. The van der Waals surface area contributed by atoms with Gasteiger partial charge in [0.15, 0.2) is 11.6 Å². The Hall–Kier alpha value is -2.63. The molecule has 136 valence electrons. The van der Waals surface area contributed by atoms with E-state index in [4.69, 9.17) is 9.72 Å². The van der Waals surface area contributed by atoms with Crippen molar-refractivity contribution in [1.29, 1.82) is 0 Å². The quantitative estimate of drug-likeness (QED) is 0.652. The first-order valence-corrected chi connectivity index (χ1v) is 8.08. The maximum Gasteiger partial charge on any atom is 0.182 e. The Balaban J connectivity index is 0.00000243. The molecule has 5 nitrogen and oxygen atoms in total. The molecule has 0 spiro atoms. The molecule has 0 saturated heterocycles. The molecule has 0 N–H and O–H groups in total. The van der Waals surface area contributed by atoms with Crippen LogP contribution < -0.4 is 4.74 Å². The number of halogens is 1. The van der Waals surface area contributed by atoms with Gasteiger partial charge in [0.2, 0.25) is 0 Å². The van der Waals surface area contributed by atoms with Gasteiger partial charge in [-0.25, -0.2) is 9.67 Å². The van der Waals surface area contributed by atoms with Gasteiger partial charge in [-0.15, -0.1) is 17.5 Å². The van der Waals surface area contributed by atoms with Crippen LogP contribution in [0.4, 0.5) is 0 Å². The third-order valence-electron chi connectivity index (χ3n) is 3.84. The van der Waals surface area contributed by atoms with Crippen molar-refractivity contribution in [2.45, 2.75) is 6.54 Å². The second-order valence-electron chi connectivity index (χ2n) is 6.05. The van der Waals surface area contributed by atoms with E-state index in [1.54, 1.807) is 18.0 Å². The summed E-state index contributed by atoms with van der Waals surface area (Å²) in [5.41, 5.74) is 3.18. The van der Waals surface area contributed by atoms with Crippen LogP contribution in [0, 0.1) is 0 Å². The van der Waals surface area contributed by atoms with Crippen molar-refractivity contribution in [2.24, 2.45) is 0 Å². The van der Waals surface area contributed by atoms with E-state index in [0.29, 0.717) is 5.82 Å². The molecule has 26 heavy (non-hydrogen) atoms. The lowest BCUT2D eigenvalue weighted by molar-refractivity contribution is 0.402. The van der Waals surface area contributed by atoms with E-state index in [9.17, 15) is 0 Å². The molecule has 3 rings (SSSR count). The Morgan fingerprint density at radius 2 is 1.85 bits per heavy atom. The van der Waals surface area contributed by atoms with Crippen LogP contribution >= 0.6 is 12.4 Å². The number of ether oxygens (including phenoxy) is 1. The number of benzene rings is 2. The second-order valence-corrected chi connectivity index (χ2v) is 6.05. The van der Waals surface area contributed by atoms with Gasteiger partial charge < -0.3 is 9.64 Å². The Bertz CT molecular complexity index is 872. The van der Waals surface area contributed by atoms with Gasteiger partial charge in [0.1, 0.15) is 5.75 Å². The van der Waals surface area contributed by atoms with E-state index < -0.39 is 0 Å². The molecule has 2 aromatic carbocycles. The van der Waals surface area contributed by atoms with E-state index >= 15 is 0 Å². The van der Waals surface area contributed by atoms with Crippen molar-refractivity contribution in [1.82, 2.24) is 19.7 Å². The molecule has 0 radical (unpaired) electrons. The molecule has 0 aliphatic carbocycles. The first-order chi connectivity index (χ1) is 12.1.